The topological polar surface area (TPSA) is 46.6 Å². The molecule has 2 rings (SSSR count). The van der Waals surface area contributed by atoms with Crippen molar-refractivity contribution in [3.05, 3.63) is 35.1 Å². The van der Waals surface area contributed by atoms with E-state index in [4.69, 9.17) is 4.74 Å². The van der Waals surface area contributed by atoms with E-state index in [9.17, 15) is 27.2 Å². The Morgan fingerprint density at radius 2 is 1.69 bits per heavy atom. The standard InChI is InChI=1S/C18H21F4NO3/c1-17(2,3)26-16(25)23-8-6-11(7-9-23)15(24)13-5-4-12(10-14(13)19)18(20,21)22/h4-5,10-11H,6-9H2,1-3H3. The minimum absolute atomic E-state index is 0.271. The normalized spacial score (nSPS) is 16.5. The minimum Gasteiger partial charge on any atom is -0.444 e. The lowest BCUT2D eigenvalue weighted by atomic mass is 9.88. The average Bonchev–Trinajstić information content (AvgIpc) is 2.52. The predicted molar refractivity (Wildman–Crippen MR) is 86.3 cm³/mol. The van der Waals surface area contributed by atoms with Crippen molar-refractivity contribution < 1.29 is 31.9 Å². The van der Waals surface area contributed by atoms with Crippen LogP contribution in [0.1, 0.15) is 49.5 Å². The fourth-order valence-electron chi connectivity index (χ4n) is 2.76. The molecule has 1 aliphatic heterocycles. The van der Waals surface area contributed by atoms with Crippen LogP contribution >= 0.6 is 0 Å². The van der Waals surface area contributed by atoms with Gasteiger partial charge < -0.3 is 9.64 Å². The maximum atomic E-state index is 14.0. The molecule has 4 nitrogen and oxygen atoms in total. The Morgan fingerprint density at radius 1 is 1.12 bits per heavy atom. The summed E-state index contributed by atoms with van der Waals surface area (Å²) in [5.74, 6) is -2.26. The van der Waals surface area contributed by atoms with Crippen LogP contribution in [-0.4, -0.2) is 35.5 Å². The van der Waals surface area contributed by atoms with Gasteiger partial charge in [-0.25, -0.2) is 9.18 Å². The molecule has 0 saturated carbocycles. The molecule has 0 aliphatic carbocycles. The zero-order chi connectivity index (χ0) is 19.7. The van der Waals surface area contributed by atoms with E-state index in [1.54, 1.807) is 20.8 Å². The van der Waals surface area contributed by atoms with Gasteiger partial charge in [0.25, 0.3) is 0 Å². The Hall–Kier alpha value is -2.12. The van der Waals surface area contributed by atoms with E-state index < -0.39 is 41.0 Å². The highest BCUT2D eigenvalue weighted by atomic mass is 19.4. The summed E-state index contributed by atoms with van der Waals surface area (Å²) in [5.41, 5.74) is -2.12. The molecular weight excluding hydrogens is 354 g/mol. The Labute approximate surface area is 149 Å². The van der Waals surface area contributed by atoms with Crippen LogP contribution in [0.4, 0.5) is 22.4 Å². The maximum Gasteiger partial charge on any atom is 0.416 e. The molecule has 1 amide bonds. The van der Waals surface area contributed by atoms with E-state index in [1.807, 2.05) is 0 Å². The maximum absolute atomic E-state index is 14.0. The fourth-order valence-corrected chi connectivity index (χ4v) is 2.76. The Balaban J connectivity index is 2.01. The summed E-state index contributed by atoms with van der Waals surface area (Å²) in [4.78, 5) is 25.9. The first-order valence-electron chi connectivity index (χ1n) is 8.27. The summed E-state index contributed by atoms with van der Waals surface area (Å²) in [6.45, 7) is 5.78. The number of Topliss-reactive ketones (excluding diaryl/α,β-unsaturated/α-hetero) is 1. The highest BCUT2D eigenvalue weighted by Crippen LogP contribution is 2.31. The summed E-state index contributed by atoms with van der Waals surface area (Å²) >= 11 is 0. The lowest BCUT2D eigenvalue weighted by Gasteiger charge is -2.33. The summed E-state index contributed by atoms with van der Waals surface area (Å²) < 4.78 is 57.0. The second kappa shape index (κ2) is 7.25. The van der Waals surface area contributed by atoms with Gasteiger partial charge in [0, 0.05) is 19.0 Å². The number of hydrogen-bond donors (Lipinski definition) is 0. The van der Waals surface area contributed by atoms with Gasteiger partial charge in [-0.05, 0) is 51.8 Å². The van der Waals surface area contributed by atoms with Crippen LogP contribution in [0, 0.1) is 11.7 Å². The molecule has 0 radical (unpaired) electrons. The largest absolute Gasteiger partial charge is 0.444 e. The first kappa shape index (κ1) is 20.2. The number of amides is 1. The zero-order valence-corrected chi connectivity index (χ0v) is 14.8. The van der Waals surface area contributed by atoms with E-state index in [0.717, 1.165) is 6.07 Å². The number of nitrogens with zero attached hydrogens (tertiary/aromatic N) is 1. The summed E-state index contributed by atoms with van der Waals surface area (Å²) in [5, 5.41) is 0. The van der Waals surface area contributed by atoms with Gasteiger partial charge >= 0.3 is 12.3 Å². The highest BCUT2D eigenvalue weighted by Gasteiger charge is 2.34. The van der Waals surface area contributed by atoms with Gasteiger partial charge in [0.05, 0.1) is 11.1 Å². The van der Waals surface area contributed by atoms with Crippen LogP contribution in [0.15, 0.2) is 18.2 Å². The van der Waals surface area contributed by atoms with Gasteiger partial charge in [0.2, 0.25) is 0 Å². The van der Waals surface area contributed by atoms with Gasteiger partial charge in [0.15, 0.2) is 5.78 Å². The van der Waals surface area contributed by atoms with E-state index in [2.05, 4.69) is 0 Å². The number of piperidine rings is 1. The number of ether oxygens (including phenoxy) is 1. The van der Waals surface area contributed by atoms with Crippen LogP contribution in [-0.2, 0) is 10.9 Å². The minimum atomic E-state index is -4.67. The van der Waals surface area contributed by atoms with Crippen LogP contribution in [0.5, 0.6) is 0 Å². The van der Waals surface area contributed by atoms with Crippen molar-refractivity contribution in [2.45, 2.75) is 45.4 Å². The van der Waals surface area contributed by atoms with Gasteiger partial charge in [-0.15, -0.1) is 0 Å². The molecule has 1 aliphatic rings. The molecule has 0 spiro atoms. The molecule has 1 aromatic rings. The van der Waals surface area contributed by atoms with Crippen LogP contribution in [0.2, 0.25) is 0 Å². The Kier molecular flexibility index (Phi) is 5.63. The molecular formula is C18H21F4NO3. The van der Waals surface area contributed by atoms with Crippen molar-refractivity contribution in [2.75, 3.05) is 13.1 Å². The third-order valence-electron chi connectivity index (χ3n) is 4.08. The lowest BCUT2D eigenvalue weighted by molar-refractivity contribution is -0.137. The molecule has 0 N–H and O–H groups in total. The summed E-state index contributed by atoms with van der Waals surface area (Å²) in [6, 6.07) is 1.91. The van der Waals surface area contributed by atoms with Crippen molar-refractivity contribution in [1.82, 2.24) is 4.90 Å². The zero-order valence-electron chi connectivity index (χ0n) is 14.8. The monoisotopic (exact) mass is 375 g/mol. The van der Waals surface area contributed by atoms with Gasteiger partial charge in [0.1, 0.15) is 11.4 Å². The number of ketones is 1. The average molecular weight is 375 g/mol. The van der Waals surface area contributed by atoms with E-state index >= 15 is 0 Å². The third kappa shape index (κ3) is 4.95. The highest BCUT2D eigenvalue weighted by molar-refractivity contribution is 5.98. The molecule has 0 unspecified atom stereocenters. The molecule has 0 atom stereocenters. The van der Waals surface area contributed by atoms with Gasteiger partial charge in [-0.2, -0.15) is 13.2 Å². The molecule has 1 saturated heterocycles. The third-order valence-corrected chi connectivity index (χ3v) is 4.08. The number of alkyl halides is 3. The number of rotatable bonds is 2. The van der Waals surface area contributed by atoms with Crippen molar-refractivity contribution in [3.63, 3.8) is 0 Å². The SMILES string of the molecule is CC(C)(C)OC(=O)N1CCC(C(=O)c2ccc(C(F)(F)F)cc2F)CC1. The van der Waals surface area contributed by atoms with Crippen LogP contribution < -0.4 is 0 Å². The Bertz CT molecular complexity index is 687. The molecule has 26 heavy (non-hydrogen) atoms. The molecule has 1 aromatic carbocycles. The fraction of sp³-hybridized carbons (Fsp3) is 0.556. The molecule has 1 fully saturated rings. The second-order valence-corrected chi connectivity index (χ2v) is 7.30. The number of carbonyl (C=O) groups excluding carboxylic acids is 2. The number of benzene rings is 1. The van der Waals surface area contributed by atoms with Crippen molar-refractivity contribution in [3.8, 4) is 0 Å². The van der Waals surface area contributed by atoms with Gasteiger partial charge in [-0.3, -0.25) is 4.79 Å². The van der Waals surface area contributed by atoms with E-state index in [1.165, 1.54) is 4.90 Å². The van der Waals surface area contributed by atoms with E-state index in [0.29, 0.717) is 25.0 Å². The molecule has 144 valence electrons. The Morgan fingerprint density at radius 3 is 2.15 bits per heavy atom. The first-order valence-corrected chi connectivity index (χ1v) is 8.27. The van der Waals surface area contributed by atoms with E-state index in [-0.39, 0.29) is 18.7 Å². The smallest absolute Gasteiger partial charge is 0.416 e. The van der Waals surface area contributed by atoms with Crippen molar-refractivity contribution >= 4 is 11.9 Å². The second-order valence-electron chi connectivity index (χ2n) is 7.30. The molecule has 0 bridgehead atoms. The van der Waals surface area contributed by atoms with Crippen molar-refractivity contribution in [1.29, 1.82) is 0 Å². The summed E-state index contributed by atoms with van der Waals surface area (Å²) in [6.07, 6.45) is -4.54. The number of likely N-dealkylation sites (tertiary alicyclic amines) is 1. The predicted octanol–water partition coefficient (Wildman–Crippen LogP) is 4.67. The molecule has 0 aromatic heterocycles. The number of hydrogen-bond acceptors (Lipinski definition) is 3. The quantitative estimate of drug-likeness (QED) is 0.557. The summed E-state index contributed by atoms with van der Waals surface area (Å²) in [7, 11) is 0. The van der Waals surface area contributed by atoms with Gasteiger partial charge in [-0.1, -0.05) is 0 Å². The van der Waals surface area contributed by atoms with Crippen LogP contribution in [0.25, 0.3) is 0 Å². The lowest BCUT2D eigenvalue weighted by Crippen LogP contribution is -2.43. The molecule has 1 heterocycles. The number of carbonyl (C=O) groups is 2. The van der Waals surface area contributed by atoms with Crippen molar-refractivity contribution in [2.24, 2.45) is 5.92 Å². The first-order chi connectivity index (χ1) is 11.9. The van der Waals surface area contributed by atoms with Crippen LogP contribution in [0.3, 0.4) is 0 Å². The molecule has 8 heteroatoms. The number of halogens is 4.